The topological polar surface area (TPSA) is 29.1 Å². The average Bonchev–Trinajstić information content (AvgIpc) is 2.41. The molecule has 0 aliphatic heterocycles. The Morgan fingerprint density at radius 2 is 1.90 bits per heavy atom. The van der Waals surface area contributed by atoms with Crippen molar-refractivity contribution in [3.63, 3.8) is 0 Å². The van der Waals surface area contributed by atoms with Crippen LogP contribution in [0.1, 0.15) is 11.1 Å². The van der Waals surface area contributed by atoms with Gasteiger partial charge in [0.15, 0.2) is 0 Å². The summed E-state index contributed by atoms with van der Waals surface area (Å²) in [5, 5.41) is 2.80. The molecule has 0 saturated heterocycles. The lowest BCUT2D eigenvalue weighted by Crippen LogP contribution is -2.08. The molecule has 102 valence electrons. The Hall–Kier alpha value is -1.94. The van der Waals surface area contributed by atoms with E-state index in [1.165, 1.54) is 18.2 Å². The Morgan fingerprint density at radius 1 is 1.20 bits per heavy atom. The highest BCUT2D eigenvalue weighted by molar-refractivity contribution is 9.10. The van der Waals surface area contributed by atoms with Gasteiger partial charge < -0.3 is 5.32 Å². The second-order valence-electron chi connectivity index (χ2n) is 4.33. The number of rotatable bonds is 3. The van der Waals surface area contributed by atoms with Crippen molar-refractivity contribution in [1.82, 2.24) is 0 Å². The molecule has 0 fully saturated rings. The Labute approximate surface area is 125 Å². The Morgan fingerprint density at radius 3 is 2.55 bits per heavy atom. The first kappa shape index (κ1) is 14.5. The van der Waals surface area contributed by atoms with E-state index < -0.39 is 0 Å². The van der Waals surface area contributed by atoms with Crippen LogP contribution < -0.4 is 5.32 Å². The molecule has 1 N–H and O–H groups in total. The lowest BCUT2D eigenvalue weighted by molar-refractivity contribution is -0.111. The maximum absolute atomic E-state index is 12.7. The molecule has 1 amide bonds. The standard InChI is InChI=1S/C16H13BrFNO/c1-11-10-13(17)5-8-15(11)19-16(20)9-4-12-2-6-14(18)7-3-12/h2-10H,1H3,(H,19,20). The lowest BCUT2D eigenvalue weighted by atomic mass is 10.2. The predicted molar refractivity (Wildman–Crippen MR) is 82.9 cm³/mol. The van der Waals surface area contributed by atoms with Crippen LogP contribution in [0.5, 0.6) is 0 Å². The third kappa shape index (κ3) is 4.03. The molecule has 2 rings (SSSR count). The Balaban J connectivity index is 2.03. The molecule has 0 aliphatic rings. The van der Waals surface area contributed by atoms with Gasteiger partial charge in [0.25, 0.3) is 0 Å². The summed E-state index contributed by atoms with van der Waals surface area (Å²) in [6, 6.07) is 11.6. The van der Waals surface area contributed by atoms with Crippen LogP contribution in [0, 0.1) is 12.7 Å². The van der Waals surface area contributed by atoms with Crippen molar-refractivity contribution < 1.29 is 9.18 Å². The van der Waals surface area contributed by atoms with Crippen LogP contribution in [0.25, 0.3) is 6.08 Å². The molecule has 0 bridgehead atoms. The molecule has 0 heterocycles. The van der Waals surface area contributed by atoms with E-state index in [0.29, 0.717) is 0 Å². The average molecular weight is 334 g/mol. The van der Waals surface area contributed by atoms with Crippen LogP contribution in [0.3, 0.4) is 0 Å². The number of hydrogen-bond donors (Lipinski definition) is 1. The van der Waals surface area contributed by atoms with Crippen molar-refractivity contribution in [2.24, 2.45) is 0 Å². The Bertz CT molecular complexity index is 650. The molecule has 0 radical (unpaired) electrons. The SMILES string of the molecule is Cc1cc(Br)ccc1NC(=O)C=Cc1ccc(F)cc1. The number of hydrogen-bond acceptors (Lipinski definition) is 1. The van der Waals surface area contributed by atoms with E-state index in [1.807, 2.05) is 25.1 Å². The van der Waals surface area contributed by atoms with Crippen LogP contribution >= 0.6 is 15.9 Å². The number of carbonyl (C=O) groups excluding carboxylic acids is 1. The minimum absolute atomic E-state index is 0.222. The van der Waals surface area contributed by atoms with Gasteiger partial charge in [-0.25, -0.2) is 4.39 Å². The molecule has 0 atom stereocenters. The first-order valence-electron chi connectivity index (χ1n) is 6.05. The normalized spacial score (nSPS) is 10.8. The van der Waals surface area contributed by atoms with Crippen molar-refractivity contribution >= 4 is 33.6 Å². The van der Waals surface area contributed by atoms with Gasteiger partial charge in [0.1, 0.15) is 5.82 Å². The summed E-state index contributed by atoms with van der Waals surface area (Å²) in [4.78, 5) is 11.8. The third-order valence-electron chi connectivity index (χ3n) is 2.74. The fourth-order valence-corrected chi connectivity index (χ4v) is 2.16. The first-order chi connectivity index (χ1) is 9.54. The second-order valence-corrected chi connectivity index (χ2v) is 5.25. The zero-order valence-electron chi connectivity index (χ0n) is 10.9. The fourth-order valence-electron chi connectivity index (χ4n) is 1.69. The van der Waals surface area contributed by atoms with E-state index >= 15 is 0 Å². The summed E-state index contributed by atoms with van der Waals surface area (Å²) in [6.07, 6.45) is 3.07. The van der Waals surface area contributed by atoms with Gasteiger partial charge in [0.05, 0.1) is 0 Å². The monoisotopic (exact) mass is 333 g/mol. The lowest BCUT2D eigenvalue weighted by Gasteiger charge is -2.06. The molecule has 0 aliphatic carbocycles. The van der Waals surface area contributed by atoms with E-state index in [-0.39, 0.29) is 11.7 Å². The minimum Gasteiger partial charge on any atom is -0.322 e. The predicted octanol–water partition coefficient (Wildman–Crippen LogP) is 4.55. The molecule has 20 heavy (non-hydrogen) atoms. The van der Waals surface area contributed by atoms with Gasteiger partial charge in [-0.2, -0.15) is 0 Å². The van der Waals surface area contributed by atoms with E-state index in [2.05, 4.69) is 21.2 Å². The van der Waals surface area contributed by atoms with Gasteiger partial charge in [-0.15, -0.1) is 0 Å². The van der Waals surface area contributed by atoms with Gasteiger partial charge in [-0.1, -0.05) is 28.1 Å². The summed E-state index contributed by atoms with van der Waals surface area (Å²) in [6.45, 7) is 1.92. The summed E-state index contributed by atoms with van der Waals surface area (Å²) < 4.78 is 13.7. The summed E-state index contributed by atoms with van der Waals surface area (Å²) in [5.41, 5.74) is 2.51. The summed E-state index contributed by atoms with van der Waals surface area (Å²) >= 11 is 3.37. The molecule has 4 heteroatoms. The molecule has 2 aromatic carbocycles. The van der Waals surface area contributed by atoms with Crippen LogP contribution in [0.4, 0.5) is 10.1 Å². The number of nitrogens with one attached hydrogen (secondary N) is 1. The molecular formula is C16H13BrFNO. The first-order valence-corrected chi connectivity index (χ1v) is 6.85. The molecule has 2 aromatic rings. The van der Waals surface area contributed by atoms with Crippen LogP contribution in [-0.2, 0) is 4.79 Å². The van der Waals surface area contributed by atoms with E-state index in [4.69, 9.17) is 0 Å². The molecule has 0 aromatic heterocycles. The van der Waals surface area contributed by atoms with Crippen molar-refractivity contribution in [2.75, 3.05) is 5.32 Å². The maximum atomic E-state index is 12.7. The van der Waals surface area contributed by atoms with Gasteiger partial charge in [0.2, 0.25) is 5.91 Å². The maximum Gasteiger partial charge on any atom is 0.248 e. The van der Waals surface area contributed by atoms with E-state index in [0.717, 1.165) is 21.3 Å². The number of carbonyl (C=O) groups is 1. The highest BCUT2D eigenvalue weighted by Crippen LogP contribution is 2.20. The number of halogens is 2. The van der Waals surface area contributed by atoms with Crippen molar-refractivity contribution in [3.05, 3.63) is 70.0 Å². The molecule has 0 unspecified atom stereocenters. The molecular weight excluding hydrogens is 321 g/mol. The highest BCUT2D eigenvalue weighted by Gasteiger charge is 2.02. The van der Waals surface area contributed by atoms with Gasteiger partial charge >= 0.3 is 0 Å². The van der Waals surface area contributed by atoms with Crippen molar-refractivity contribution in [3.8, 4) is 0 Å². The summed E-state index contributed by atoms with van der Waals surface area (Å²) in [5.74, 6) is -0.517. The third-order valence-corrected chi connectivity index (χ3v) is 3.24. The van der Waals surface area contributed by atoms with Crippen molar-refractivity contribution in [2.45, 2.75) is 6.92 Å². The van der Waals surface area contributed by atoms with Crippen LogP contribution in [-0.4, -0.2) is 5.91 Å². The van der Waals surface area contributed by atoms with Gasteiger partial charge in [-0.3, -0.25) is 4.79 Å². The zero-order valence-corrected chi connectivity index (χ0v) is 12.4. The van der Waals surface area contributed by atoms with E-state index in [1.54, 1.807) is 18.2 Å². The Kier molecular flexibility index (Phi) is 4.69. The smallest absolute Gasteiger partial charge is 0.248 e. The van der Waals surface area contributed by atoms with Crippen LogP contribution in [0.15, 0.2) is 53.0 Å². The largest absolute Gasteiger partial charge is 0.322 e. The van der Waals surface area contributed by atoms with Crippen molar-refractivity contribution in [1.29, 1.82) is 0 Å². The number of anilines is 1. The minimum atomic E-state index is -0.294. The quantitative estimate of drug-likeness (QED) is 0.820. The summed E-state index contributed by atoms with van der Waals surface area (Å²) in [7, 11) is 0. The van der Waals surface area contributed by atoms with E-state index in [9.17, 15) is 9.18 Å². The fraction of sp³-hybridized carbons (Fsp3) is 0.0625. The highest BCUT2D eigenvalue weighted by atomic mass is 79.9. The van der Waals surface area contributed by atoms with Crippen LogP contribution in [0.2, 0.25) is 0 Å². The number of amides is 1. The molecule has 0 saturated carbocycles. The molecule has 0 spiro atoms. The van der Waals surface area contributed by atoms with Gasteiger partial charge in [-0.05, 0) is 54.5 Å². The molecule has 2 nitrogen and oxygen atoms in total. The number of benzene rings is 2. The number of aryl methyl sites for hydroxylation is 1. The second kappa shape index (κ2) is 6.48. The zero-order chi connectivity index (χ0) is 14.5. The van der Waals surface area contributed by atoms with Gasteiger partial charge in [0, 0.05) is 16.2 Å².